The molecule has 23 heavy (non-hydrogen) atoms. The molecule has 0 spiro atoms. The van der Waals surface area contributed by atoms with Crippen molar-refractivity contribution in [2.24, 2.45) is 0 Å². The first-order valence-electron chi connectivity index (χ1n) is 7.27. The van der Waals surface area contributed by atoms with Crippen LogP contribution in [0.5, 0.6) is 0 Å². The van der Waals surface area contributed by atoms with E-state index in [0.717, 1.165) is 17.6 Å². The van der Waals surface area contributed by atoms with Crippen LogP contribution in [0.25, 0.3) is 11.0 Å². The van der Waals surface area contributed by atoms with Gasteiger partial charge in [-0.1, -0.05) is 11.3 Å². The number of benzene rings is 2. The monoisotopic (exact) mass is 305 g/mol. The number of nitrogens with one attached hydrogen (secondary N) is 1. The molecule has 1 heterocycles. The third-order valence-electron chi connectivity index (χ3n) is 3.69. The molecule has 1 N–H and O–H groups in total. The highest BCUT2D eigenvalue weighted by Gasteiger charge is 2.11. The van der Waals surface area contributed by atoms with E-state index in [-0.39, 0.29) is 5.91 Å². The molecular weight excluding hydrogens is 290 g/mol. The Labute approximate surface area is 133 Å². The minimum atomic E-state index is -0.240. The van der Waals surface area contributed by atoms with Crippen molar-refractivity contribution < 1.29 is 4.79 Å². The summed E-state index contributed by atoms with van der Waals surface area (Å²) in [6.07, 6.45) is 0. The third-order valence-corrected chi connectivity index (χ3v) is 3.69. The zero-order valence-corrected chi connectivity index (χ0v) is 12.9. The molecule has 3 rings (SSSR count). The highest BCUT2D eigenvalue weighted by molar-refractivity contribution is 6.06. The molecule has 0 bridgehead atoms. The summed E-state index contributed by atoms with van der Waals surface area (Å²) in [6, 6.07) is 12.6. The molecule has 0 aliphatic carbocycles. The number of hydrogen-bond acceptors (Lipinski definition) is 4. The van der Waals surface area contributed by atoms with Crippen LogP contribution in [0, 0.1) is 18.3 Å². The smallest absolute Gasteiger partial charge is 0.255 e. The van der Waals surface area contributed by atoms with Crippen LogP contribution in [0.4, 0.5) is 5.69 Å². The fraction of sp³-hybridized carbons (Fsp3) is 0.176. The van der Waals surface area contributed by atoms with E-state index >= 15 is 0 Å². The molecule has 0 unspecified atom stereocenters. The van der Waals surface area contributed by atoms with Crippen molar-refractivity contribution in [3.63, 3.8) is 0 Å². The third kappa shape index (κ3) is 2.77. The van der Waals surface area contributed by atoms with Crippen LogP contribution in [0.3, 0.4) is 0 Å². The number of aromatic nitrogens is 3. The quantitative estimate of drug-likeness (QED) is 0.806. The molecule has 1 aromatic heterocycles. The number of anilines is 1. The summed E-state index contributed by atoms with van der Waals surface area (Å²) < 4.78 is 1.78. The average molecular weight is 305 g/mol. The summed E-state index contributed by atoms with van der Waals surface area (Å²) in [6.45, 7) is 4.59. The zero-order valence-electron chi connectivity index (χ0n) is 12.9. The molecule has 6 nitrogen and oxygen atoms in total. The first kappa shape index (κ1) is 14.7. The van der Waals surface area contributed by atoms with Gasteiger partial charge in [0.25, 0.3) is 5.91 Å². The van der Waals surface area contributed by atoms with Crippen LogP contribution in [0.1, 0.15) is 28.4 Å². The number of hydrogen-bond donors (Lipinski definition) is 1. The molecule has 0 saturated carbocycles. The summed E-state index contributed by atoms with van der Waals surface area (Å²) in [5, 5.41) is 19.9. The SMILES string of the molecule is CCn1nnc2cc(C(=O)Nc3cc(C#N)ccc3C)ccc21. The van der Waals surface area contributed by atoms with Crippen molar-refractivity contribution in [3.8, 4) is 6.07 Å². The number of rotatable bonds is 3. The van der Waals surface area contributed by atoms with Gasteiger partial charge < -0.3 is 5.32 Å². The maximum absolute atomic E-state index is 12.4. The van der Waals surface area contributed by atoms with E-state index in [9.17, 15) is 4.79 Å². The van der Waals surface area contributed by atoms with Gasteiger partial charge in [0.1, 0.15) is 5.52 Å². The number of nitriles is 1. The first-order chi connectivity index (χ1) is 11.1. The second-order valence-electron chi connectivity index (χ2n) is 5.20. The second-order valence-corrected chi connectivity index (χ2v) is 5.20. The van der Waals surface area contributed by atoms with E-state index in [4.69, 9.17) is 5.26 Å². The Morgan fingerprint density at radius 1 is 1.30 bits per heavy atom. The Kier molecular flexibility index (Phi) is 3.77. The summed E-state index contributed by atoms with van der Waals surface area (Å²) in [4.78, 5) is 12.4. The van der Waals surface area contributed by atoms with Crippen LogP contribution in [-0.2, 0) is 6.54 Å². The Morgan fingerprint density at radius 2 is 2.13 bits per heavy atom. The molecule has 0 fully saturated rings. The molecule has 3 aromatic rings. The number of aryl methyl sites for hydroxylation is 2. The van der Waals surface area contributed by atoms with E-state index in [1.807, 2.05) is 26.0 Å². The predicted octanol–water partition coefficient (Wildman–Crippen LogP) is 2.88. The molecule has 0 aliphatic heterocycles. The highest BCUT2D eigenvalue weighted by Crippen LogP contribution is 2.19. The van der Waals surface area contributed by atoms with Crippen LogP contribution < -0.4 is 5.32 Å². The Hall–Kier alpha value is -3.20. The standard InChI is InChI=1S/C17H15N5O/c1-3-22-16-7-6-13(9-15(16)20-21-22)17(23)19-14-8-12(10-18)5-4-11(14)2/h4-9H,3H2,1-2H3,(H,19,23). The van der Waals surface area contributed by atoms with E-state index in [2.05, 4.69) is 21.7 Å². The number of fused-ring (bicyclic) bond motifs is 1. The van der Waals surface area contributed by atoms with Crippen LogP contribution in [0.15, 0.2) is 36.4 Å². The van der Waals surface area contributed by atoms with E-state index < -0.39 is 0 Å². The van der Waals surface area contributed by atoms with Crippen molar-refractivity contribution in [1.29, 1.82) is 5.26 Å². The lowest BCUT2D eigenvalue weighted by molar-refractivity contribution is 0.102. The Morgan fingerprint density at radius 3 is 2.87 bits per heavy atom. The molecule has 0 atom stereocenters. The minimum absolute atomic E-state index is 0.240. The molecule has 6 heteroatoms. The topological polar surface area (TPSA) is 83.6 Å². The van der Waals surface area contributed by atoms with Gasteiger partial charge in [0.15, 0.2) is 0 Å². The van der Waals surface area contributed by atoms with Crippen molar-refractivity contribution in [2.75, 3.05) is 5.32 Å². The zero-order chi connectivity index (χ0) is 16.4. The maximum atomic E-state index is 12.4. The average Bonchev–Trinajstić information content (AvgIpc) is 2.99. The lowest BCUT2D eigenvalue weighted by Gasteiger charge is -2.09. The van der Waals surface area contributed by atoms with Gasteiger partial charge in [-0.2, -0.15) is 5.26 Å². The number of carbonyl (C=O) groups is 1. The van der Waals surface area contributed by atoms with Gasteiger partial charge in [-0.25, -0.2) is 4.68 Å². The molecule has 2 aromatic carbocycles. The van der Waals surface area contributed by atoms with Gasteiger partial charge in [-0.05, 0) is 49.7 Å². The lowest BCUT2D eigenvalue weighted by atomic mass is 10.1. The Balaban J connectivity index is 1.90. The first-order valence-corrected chi connectivity index (χ1v) is 7.27. The predicted molar refractivity (Wildman–Crippen MR) is 87.0 cm³/mol. The summed E-state index contributed by atoms with van der Waals surface area (Å²) in [5.74, 6) is -0.240. The van der Waals surface area contributed by atoms with Crippen molar-refractivity contribution >= 4 is 22.6 Å². The molecule has 0 radical (unpaired) electrons. The minimum Gasteiger partial charge on any atom is -0.322 e. The van der Waals surface area contributed by atoms with E-state index in [1.54, 1.807) is 28.9 Å². The number of amides is 1. The van der Waals surface area contributed by atoms with Crippen LogP contribution in [-0.4, -0.2) is 20.9 Å². The molecular formula is C17H15N5O. The fourth-order valence-electron chi connectivity index (χ4n) is 2.37. The van der Waals surface area contributed by atoms with Gasteiger partial charge in [-0.15, -0.1) is 5.10 Å². The van der Waals surface area contributed by atoms with Crippen LogP contribution >= 0.6 is 0 Å². The summed E-state index contributed by atoms with van der Waals surface area (Å²) in [7, 11) is 0. The van der Waals surface area contributed by atoms with Crippen molar-refractivity contribution in [3.05, 3.63) is 53.1 Å². The van der Waals surface area contributed by atoms with E-state index in [1.165, 1.54) is 0 Å². The summed E-state index contributed by atoms with van der Waals surface area (Å²) in [5.41, 5.74) is 4.12. The summed E-state index contributed by atoms with van der Waals surface area (Å²) >= 11 is 0. The second kappa shape index (κ2) is 5.89. The van der Waals surface area contributed by atoms with Crippen LogP contribution in [0.2, 0.25) is 0 Å². The van der Waals surface area contributed by atoms with Gasteiger partial charge in [0, 0.05) is 17.8 Å². The molecule has 0 aliphatic rings. The molecule has 0 saturated heterocycles. The molecule has 1 amide bonds. The lowest BCUT2D eigenvalue weighted by Crippen LogP contribution is -2.13. The largest absolute Gasteiger partial charge is 0.322 e. The highest BCUT2D eigenvalue weighted by atomic mass is 16.1. The normalized spacial score (nSPS) is 10.5. The Bertz CT molecular complexity index is 936. The van der Waals surface area contributed by atoms with Gasteiger partial charge in [0.2, 0.25) is 0 Å². The number of carbonyl (C=O) groups excluding carboxylic acids is 1. The van der Waals surface area contributed by atoms with E-state index in [0.29, 0.717) is 22.3 Å². The number of nitrogens with zero attached hydrogens (tertiary/aromatic N) is 4. The van der Waals surface area contributed by atoms with Gasteiger partial charge in [0.05, 0.1) is 17.1 Å². The van der Waals surface area contributed by atoms with Crippen molar-refractivity contribution in [1.82, 2.24) is 15.0 Å². The van der Waals surface area contributed by atoms with Crippen molar-refractivity contribution in [2.45, 2.75) is 20.4 Å². The van der Waals surface area contributed by atoms with Gasteiger partial charge in [-0.3, -0.25) is 4.79 Å². The van der Waals surface area contributed by atoms with Gasteiger partial charge >= 0.3 is 0 Å². The fourth-order valence-corrected chi connectivity index (χ4v) is 2.37. The maximum Gasteiger partial charge on any atom is 0.255 e. The molecule has 114 valence electrons.